The molecule has 4 aliphatic rings. The number of fused-ring (bicyclic) bond motifs is 8. The summed E-state index contributed by atoms with van der Waals surface area (Å²) < 4.78 is 11.4. The molecule has 0 saturated carbocycles. The van der Waals surface area contributed by atoms with E-state index in [4.69, 9.17) is 14.3 Å². The molecule has 32 heavy (non-hydrogen) atoms. The highest BCUT2D eigenvalue weighted by atomic mass is 16.7. The molecule has 162 valence electrons. The average molecular weight is 432 g/mol. The molecule has 2 bridgehead atoms. The maximum Gasteiger partial charge on any atom is 0.240 e. The maximum atomic E-state index is 13.4. The van der Waals surface area contributed by atoms with E-state index in [1.165, 1.54) is 11.8 Å². The number of oxime groups is 1. The molecule has 0 spiro atoms. The summed E-state index contributed by atoms with van der Waals surface area (Å²) in [5.41, 5.74) is 2.60. The minimum atomic E-state index is -0.591. The normalized spacial score (nSPS) is 31.9. The Morgan fingerprint density at radius 1 is 0.906 bits per heavy atom. The van der Waals surface area contributed by atoms with Crippen LogP contribution in [-0.2, 0) is 19.2 Å². The van der Waals surface area contributed by atoms with Gasteiger partial charge >= 0.3 is 0 Å². The lowest BCUT2D eigenvalue weighted by atomic mass is 9.71. The van der Waals surface area contributed by atoms with E-state index in [2.05, 4.69) is 5.16 Å². The van der Waals surface area contributed by atoms with E-state index in [-0.39, 0.29) is 23.5 Å². The van der Waals surface area contributed by atoms with Crippen molar-refractivity contribution in [2.45, 2.75) is 25.2 Å². The molecule has 3 saturated heterocycles. The number of carbonyl (C=O) groups is 3. The molecule has 8 nitrogen and oxygen atoms in total. The molecule has 4 aliphatic heterocycles. The quantitative estimate of drug-likeness (QED) is 0.543. The number of hydrogen-bond acceptors (Lipinski definition) is 7. The second kappa shape index (κ2) is 6.74. The fourth-order valence-electron chi connectivity index (χ4n) is 5.46. The standard InChI is InChI=1S/C24H20N2O6/c1-11(27)12-3-7-14(8-4-12)26-23(28)16-17(24(26)29)21-22-18(20(16)31-21)19(25-32-22)13-5-9-15(30-2)10-6-13/h3-10,16-18,20-22H,1-2H3. The lowest BCUT2D eigenvalue weighted by Gasteiger charge is -2.26. The number of amides is 2. The highest BCUT2D eigenvalue weighted by Crippen LogP contribution is 2.55. The summed E-state index contributed by atoms with van der Waals surface area (Å²) in [6.45, 7) is 1.47. The van der Waals surface area contributed by atoms with Crippen molar-refractivity contribution < 1.29 is 28.7 Å². The van der Waals surface area contributed by atoms with Crippen LogP contribution in [0.5, 0.6) is 5.75 Å². The first-order chi connectivity index (χ1) is 15.5. The predicted octanol–water partition coefficient (Wildman–Crippen LogP) is 2.20. The van der Waals surface area contributed by atoms with E-state index in [1.807, 2.05) is 24.3 Å². The molecule has 0 radical (unpaired) electrons. The molecule has 2 aromatic carbocycles. The van der Waals surface area contributed by atoms with E-state index >= 15 is 0 Å². The van der Waals surface area contributed by atoms with Crippen LogP contribution in [0.2, 0.25) is 0 Å². The van der Waals surface area contributed by atoms with Crippen LogP contribution in [0.1, 0.15) is 22.8 Å². The van der Waals surface area contributed by atoms with Crippen LogP contribution >= 0.6 is 0 Å². The van der Waals surface area contributed by atoms with Crippen molar-refractivity contribution in [1.82, 2.24) is 0 Å². The lowest BCUT2D eigenvalue weighted by Crippen LogP contribution is -2.45. The SMILES string of the molecule is COc1ccc(C2=NOC3C4OC(C23)C2C(=O)N(c3ccc(C(C)=O)cc3)C(=O)C42)cc1. The molecule has 3 fully saturated rings. The molecule has 0 aliphatic carbocycles. The molecule has 0 N–H and O–H groups in total. The number of rotatable bonds is 4. The summed E-state index contributed by atoms with van der Waals surface area (Å²) in [6.07, 6.45) is -1.39. The first-order valence-corrected chi connectivity index (χ1v) is 10.5. The Balaban J connectivity index is 1.30. The molecular formula is C24H20N2O6. The first kappa shape index (κ1) is 19.2. The Bertz CT molecular complexity index is 1170. The zero-order valence-corrected chi connectivity index (χ0v) is 17.4. The van der Waals surface area contributed by atoms with Gasteiger partial charge in [-0.25, -0.2) is 4.90 Å². The largest absolute Gasteiger partial charge is 0.497 e. The maximum absolute atomic E-state index is 13.4. The number of methoxy groups -OCH3 is 1. The predicted molar refractivity (Wildman–Crippen MR) is 112 cm³/mol. The van der Waals surface area contributed by atoms with Crippen molar-refractivity contribution in [3.05, 3.63) is 59.7 Å². The van der Waals surface area contributed by atoms with Crippen LogP contribution in [-0.4, -0.2) is 48.7 Å². The minimum absolute atomic E-state index is 0.0748. The van der Waals surface area contributed by atoms with Gasteiger partial charge in [-0.05, 0) is 55.5 Å². The topological polar surface area (TPSA) is 94.5 Å². The monoisotopic (exact) mass is 432 g/mol. The van der Waals surface area contributed by atoms with Gasteiger partial charge in [0.15, 0.2) is 11.9 Å². The van der Waals surface area contributed by atoms with Gasteiger partial charge in [-0.1, -0.05) is 5.16 Å². The molecule has 6 rings (SSSR count). The second-order valence-corrected chi connectivity index (χ2v) is 8.53. The van der Waals surface area contributed by atoms with Crippen molar-refractivity contribution >= 4 is 29.0 Å². The Labute approximate surface area is 183 Å². The molecule has 8 heteroatoms. The summed E-state index contributed by atoms with van der Waals surface area (Å²) in [7, 11) is 1.60. The van der Waals surface area contributed by atoms with Crippen molar-refractivity contribution in [1.29, 1.82) is 0 Å². The molecule has 6 unspecified atom stereocenters. The third-order valence-corrected chi connectivity index (χ3v) is 6.96. The minimum Gasteiger partial charge on any atom is -0.497 e. The van der Waals surface area contributed by atoms with Crippen LogP contribution in [0, 0.1) is 17.8 Å². The molecular weight excluding hydrogens is 412 g/mol. The average Bonchev–Trinajstić information content (AvgIpc) is 3.54. The van der Waals surface area contributed by atoms with E-state index < -0.39 is 30.1 Å². The van der Waals surface area contributed by atoms with Gasteiger partial charge in [0.1, 0.15) is 11.9 Å². The van der Waals surface area contributed by atoms with Gasteiger partial charge in [0.05, 0.1) is 42.4 Å². The third kappa shape index (κ3) is 2.47. The molecule has 2 amide bonds. The number of Topliss-reactive ketones (excluding diaryl/α,β-unsaturated/α-hetero) is 1. The third-order valence-electron chi connectivity index (χ3n) is 6.96. The summed E-state index contributed by atoms with van der Waals surface area (Å²) in [4.78, 5) is 45.2. The molecule has 2 aromatic rings. The van der Waals surface area contributed by atoms with E-state index in [0.717, 1.165) is 17.0 Å². The van der Waals surface area contributed by atoms with Gasteiger partial charge in [-0.2, -0.15) is 0 Å². The smallest absolute Gasteiger partial charge is 0.240 e. The fourth-order valence-corrected chi connectivity index (χ4v) is 5.46. The fraction of sp³-hybridized carbons (Fsp3) is 0.333. The van der Waals surface area contributed by atoms with E-state index in [0.29, 0.717) is 11.3 Å². The zero-order valence-electron chi connectivity index (χ0n) is 17.4. The summed E-state index contributed by atoms with van der Waals surface area (Å²) >= 11 is 0. The van der Waals surface area contributed by atoms with E-state index in [9.17, 15) is 14.4 Å². The van der Waals surface area contributed by atoms with Crippen molar-refractivity contribution in [3.63, 3.8) is 0 Å². The highest BCUT2D eigenvalue weighted by Gasteiger charge is 2.72. The van der Waals surface area contributed by atoms with Crippen LogP contribution in [0.4, 0.5) is 5.69 Å². The number of hydrogen-bond donors (Lipinski definition) is 0. The van der Waals surface area contributed by atoms with Crippen molar-refractivity contribution in [2.24, 2.45) is 22.9 Å². The number of carbonyl (C=O) groups excluding carboxylic acids is 3. The number of ether oxygens (including phenoxy) is 2. The number of benzene rings is 2. The molecule has 4 heterocycles. The van der Waals surface area contributed by atoms with Gasteiger partial charge in [-0.3, -0.25) is 14.4 Å². The van der Waals surface area contributed by atoms with E-state index in [1.54, 1.807) is 31.4 Å². The molecule has 6 atom stereocenters. The summed E-state index contributed by atoms with van der Waals surface area (Å²) in [5, 5.41) is 4.30. The number of ketones is 1. The zero-order chi connectivity index (χ0) is 22.1. The van der Waals surface area contributed by atoms with Gasteiger partial charge in [0, 0.05) is 11.1 Å². The van der Waals surface area contributed by atoms with Gasteiger partial charge < -0.3 is 14.3 Å². The lowest BCUT2D eigenvalue weighted by molar-refractivity contribution is -0.125. The highest BCUT2D eigenvalue weighted by molar-refractivity contribution is 6.23. The van der Waals surface area contributed by atoms with Crippen LogP contribution in [0.3, 0.4) is 0 Å². The summed E-state index contributed by atoms with van der Waals surface area (Å²) in [5.74, 6) is -1.29. The van der Waals surface area contributed by atoms with Crippen molar-refractivity contribution in [2.75, 3.05) is 12.0 Å². The number of imide groups is 1. The van der Waals surface area contributed by atoms with Gasteiger partial charge in [0.2, 0.25) is 11.8 Å². The Kier molecular flexibility index (Phi) is 4.04. The van der Waals surface area contributed by atoms with Crippen LogP contribution in [0.25, 0.3) is 0 Å². The van der Waals surface area contributed by atoms with Gasteiger partial charge in [-0.15, -0.1) is 0 Å². The van der Waals surface area contributed by atoms with Crippen LogP contribution in [0.15, 0.2) is 53.7 Å². The van der Waals surface area contributed by atoms with Crippen molar-refractivity contribution in [3.8, 4) is 5.75 Å². The first-order valence-electron chi connectivity index (χ1n) is 10.5. The Hall–Kier alpha value is -3.52. The Morgan fingerprint density at radius 3 is 2.19 bits per heavy atom. The van der Waals surface area contributed by atoms with Crippen LogP contribution < -0.4 is 9.64 Å². The Morgan fingerprint density at radius 2 is 1.56 bits per heavy atom. The van der Waals surface area contributed by atoms with Gasteiger partial charge in [0.25, 0.3) is 0 Å². The number of nitrogens with zero attached hydrogens (tertiary/aromatic N) is 2. The molecule has 0 aromatic heterocycles. The number of anilines is 1. The summed E-state index contributed by atoms with van der Waals surface area (Å²) in [6, 6.07) is 14.0. The second-order valence-electron chi connectivity index (χ2n) is 8.53.